The summed E-state index contributed by atoms with van der Waals surface area (Å²) in [5, 5.41) is 0. The molecule has 0 saturated carbocycles. The number of nitrogens with zero attached hydrogens (tertiary/aromatic N) is 1. The smallest absolute Gasteiger partial charge is 0.234 e. The molecule has 0 bridgehead atoms. The summed E-state index contributed by atoms with van der Waals surface area (Å²) in [6.45, 7) is 4.29. The SMILES string of the molecule is CCCCCN1CCC[C@H]1C(N)=O. The van der Waals surface area contributed by atoms with Crippen LogP contribution >= 0.6 is 0 Å². The van der Waals surface area contributed by atoms with Gasteiger partial charge < -0.3 is 5.73 Å². The van der Waals surface area contributed by atoms with Crippen LogP contribution in [0.1, 0.15) is 39.0 Å². The van der Waals surface area contributed by atoms with Crippen LogP contribution in [0.3, 0.4) is 0 Å². The molecule has 1 heterocycles. The highest BCUT2D eigenvalue weighted by Gasteiger charge is 2.27. The molecule has 76 valence electrons. The molecule has 2 N–H and O–H groups in total. The maximum atomic E-state index is 11.0. The first-order chi connectivity index (χ1) is 6.25. The molecular formula is C10H20N2O. The average Bonchev–Trinajstić information content (AvgIpc) is 2.53. The molecule has 0 aromatic heterocycles. The zero-order valence-electron chi connectivity index (χ0n) is 8.46. The number of rotatable bonds is 5. The molecule has 1 aliphatic rings. The second-order valence-corrected chi connectivity index (χ2v) is 3.80. The Kier molecular flexibility index (Phi) is 4.22. The minimum absolute atomic E-state index is 0.0249. The highest BCUT2D eigenvalue weighted by atomic mass is 16.1. The van der Waals surface area contributed by atoms with E-state index < -0.39 is 0 Å². The van der Waals surface area contributed by atoms with E-state index >= 15 is 0 Å². The molecule has 0 spiro atoms. The third-order valence-electron chi connectivity index (χ3n) is 2.74. The largest absolute Gasteiger partial charge is 0.368 e. The van der Waals surface area contributed by atoms with Crippen molar-refractivity contribution in [3.63, 3.8) is 0 Å². The lowest BCUT2D eigenvalue weighted by Gasteiger charge is -2.21. The summed E-state index contributed by atoms with van der Waals surface area (Å²) in [5.74, 6) is -0.144. The van der Waals surface area contributed by atoms with Crippen molar-refractivity contribution in [3.8, 4) is 0 Å². The van der Waals surface area contributed by atoms with Crippen LogP contribution in [0.2, 0.25) is 0 Å². The minimum atomic E-state index is -0.144. The monoisotopic (exact) mass is 184 g/mol. The van der Waals surface area contributed by atoms with E-state index in [2.05, 4.69) is 11.8 Å². The number of amides is 1. The van der Waals surface area contributed by atoms with Gasteiger partial charge in [-0.2, -0.15) is 0 Å². The van der Waals surface area contributed by atoms with Gasteiger partial charge in [-0.1, -0.05) is 19.8 Å². The Morgan fingerprint density at radius 3 is 2.92 bits per heavy atom. The number of primary amides is 1. The van der Waals surface area contributed by atoms with Crippen molar-refractivity contribution in [1.82, 2.24) is 4.90 Å². The fraction of sp³-hybridized carbons (Fsp3) is 0.900. The second kappa shape index (κ2) is 5.22. The van der Waals surface area contributed by atoms with Crippen molar-refractivity contribution in [2.24, 2.45) is 5.73 Å². The molecule has 1 aliphatic heterocycles. The van der Waals surface area contributed by atoms with Gasteiger partial charge in [-0.3, -0.25) is 9.69 Å². The minimum Gasteiger partial charge on any atom is -0.368 e. The van der Waals surface area contributed by atoms with Gasteiger partial charge in [-0.25, -0.2) is 0 Å². The van der Waals surface area contributed by atoms with Gasteiger partial charge in [0, 0.05) is 0 Å². The molecule has 0 unspecified atom stereocenters. The Balaban J connectivity index is 2.27. The molecule has 0 aromatic carbocycles. The second-order valence-electron chi connectivity index (χ2n) is 3.80. The van der Waals surface area contributed by atoms with Crippen LogP contribution in [0.25, 0.3) is 0 Å². The highest BCUT2D eigenvalue weighted by molar-refractivity contribution is 5.80. The quantitative estimate of drug-likeness (QED) is 0.651. The summed E-state index contributed by atoms with van der Waals surface area (Å²) in [5.41, 5.74) is 5.31. The number of nitrogens with two attached hydrogens (primary N) is 1. The number of carbonyl (C=O) groups excluding carboxylic acids is 1. The van der Waals surface area contributed by atoms with Crippen molar-refractivity contribution in [1.29, 1.82) is 0 Å². The Morgan fingerprint density at radius 1 is 1.54 bits per heavy atom. The van der Waals surface area contributed by atoms with E-state index in [0.29, 0.717) is 0 Å². The van der Waals surface area contributed by atoms with Gasteiger partial charge in [-0.05, 0) is 32.4 Å². The summed E-state index contributed by atoms with van der Waals surface area (Å²) in [4.78, 5) is 13.3. The normalized spacial score (nSPS) is 23.6. The maximum Gasteiger partial charge on any atom is 0.234 e. The highest BCUT2D eigenvalue weighted by Crippen LogP contribution is 2.17. The first-order valence-electron chi connectivity index (χ1n) is 5.29. The maximum absolute atomic E-state index is 11.0. The first kappa shape index (κ1) is 10.5. The Hall–Kier alpha value is -0.570. The van der Waals surface area contributed by atoms with Crippen molar-refractivity contribution in [2.75, 3.05) is 13.1 Å². The lowest BCUT2D eigenvalue weighted by atomic mass is 10.2. The van der Waals surface area contributed by atoms with Crippen LogP contribution in [0, 0.1) is 0 Å². The van der Waals surface area contributed by atoms with Crippen LogP contribution in [0.5, 0.6) is 0 Å². The first-order valence-corrected chi connectivity index (χ1v) is 5.29. The summed E-state index contributed by atoms with van der Waals surface area (Å²) in [6, 6.07) is 0.0249. The van der Waals surface area contributed by atoms with Gasteiger partial charge in [0.25, 0.3) is 0 Å². The molecule has 3 heteroatoms. The van der Waals surface area contributed by atoms with Crippen LogP contribution in [-0.4, -0.2) is 29.9 Å². The molecule has 13 heavy (non-hydrogen) atoms. The van der Waals surface area contributed by atoms with E-state index in [1.165, 1.54) is 19.3 Å². The standard InChI is InChI=1S/C10H20N2O/c1-2-3-4-7-12-8-5-6-9(12)10(11)13/h9H,2-8H2,1H3,(H2,11,13)/t9-/m0/s1. The van der Waals surface area contributed by atoms with Gasteiger partial charge in [0.2, 0.25) is 5.91 Å². The molecule has 1 fully saturated rings. The zero-order chi connectivity index (χ0) is 9.68. The third-order valence-corrected chi connectivity index (χ3v) is 2.74. The van der Waals surface area contributed by atoms with Crippen molar-refractivity contribution in [2.45, 2.75) is 45.1 Å². The number of unbranched alkanes of at least 4 members (excludes halogenated alkanes) is 2. The van der Waals surface area contributed by atoms with Gasteiger partial charge in [-0.15, -0.1) is 0 Å². The lowest BCUT2D eigenvalue weighted by Crippen LogP contribution is -2.40. The van der Waals surface area contributed by atoms with Gasteiger partial charge in [0.05, 0.1) is 6.04 Å². The van der Waals surface area contributed by atoms with E-state index in [-0.39, 0.29) is 11.9 Å². The lowest BCUT2D eigenvalue weighted by molar-refractivity contribution is -0.122. The Morgan fingerprint density at radius 2 is 2.31 bits per heavy atom. The van der Waals surface area contributed by atoms with Crippen LogP contribution < -0.4 is 5.73 Å². The molecule has 0 aromatic rings. The van der Waals surface area contributed by atoms with Crippen LogP contribution in [0.4, 0.5) is 0 Å². The average molecular weight is 184 g/mol. The summed E-state index contributed by atoms with van der Waals surface area (Å²) < 4.78 is 0. The van der Waals surface area contributed by atoms with Gasteiger partial charge in [0.15, 0.2) is 0 Å². The fourth-order valence-corrected chi connectivity index (χ4v) is 1.98. The number of hydrogen-bond acceptors (Lipinski definition) is 2. The third kappa shape index (κ3) is 2.99. The van der Waals surface area contributed by atoms with E-state index in [1.807, 2.05) is 0 Å². The molecule has 0 radical (unpaired) electrons. The predicted octanol–water partition coefficient (Wildman–Crippen LogP) is 1.13. The van der Waals surface area contributed by atoms with Crippen molar-refractivity contribution < 1.29 is 4.79 Å². The number of hydrogen-bond donors (Lipinski definition) is 1. The predicted molar refractivity (Wildman–Crippen MR) is 53.3 cm³/mol. The molecule has 1 saturated heterocycles. The van der Waals surface area contributed by atoms with Crippen LogP contribution in [-0.2, 0) is 4.79 Å². The van der Waals surface area contributed by atoms with Gasteiger partial charge >= 0.3 is 0 Å². The van der Waals surface area contributed by atoms with Crippen molar-refractivity contribution >= 4 is 5.91 Å². The van der Waals surface area contributed by atoms with E-state index in [1.54, 1.807) is 0 Å². The topological polar surface area (TPSA) is 46.3 Å². The van der Waals surface area contributed by atoms with E-state index in [9.17, 15) is 4.79 Å². The summed E-state index contributed by atoms with van der Waals surface area (Å²) in [6.07, 6.45) is 5.76. The summed E-state index contributed by atoms with van der Waals surface area (Å²) in [7, 11) is 0. The van der Waals surface area contributed by atoms with E-state index in [0.717, 1.165) is 25.9 Å². The number of carbonyl (C=O) groups is 1. The van der Waals surface area contributed by atoms with Gasteiger partial charge in [0.1, 0.15) is 0 Å². The Bertz CT molecular complexity index is 170. The molecule has 3 nitrogen and oxygen atoms in total. The molecule has 1 rings (SSSR count). The summed E-state index contributed by atoms with van der Waals surface area (Å²) >= 11 is 0. The van der Waals surface area contributed by atoms with E-state index in [4.69, 9.17) is 5.73 Å². The molecular weight excluding hydrogens is 164 g/mol. The molecule has 1 amide bonds. The number of likely N-dealkylation sites (tertiary alicyclic amines) is 1. The Labute approximate surface area is 80.3 Å². The fourth-order valence-electron chi connectivity index (χ4n) is 1.98. The molecule has 0 aliphatic carbocycles. The van der Waals surface area contributed by atoms with Crippen LogP contribution in [0.15, 0.2) is 0 Å². The van der Waals surface area contributed by atoms with Crippen molar-refractivity contribution in [3.05, 3.63) is 0 Å². The zero-order valence-corrected chi connectivity index (χ0v) is 8.46. The molecule has 1 atom stereocenters.